The van der Waals surface area contributed by atoms with E-state index in [1.807, 2.05) is 12.3 Å². The zero-order valence-electron chi connectivity index (χ0n) is 10.6. The molecule has 18 heavy (non-hydrogen) atoms. The van der Waals surface area contributed by atoms with Crippen molar-refractivity contribution in [2.45, 2.75) is 57.2 Å². The van der Waals surface area contributed by atoms with Crippen LogP contribution in [-0.2, 0) is 17.8 Å². The molecule has 1 heterocycles. The third kappa shape index (κ3) is 2.43. The summed E-state index contributed by atoms with van der Waals surface area (Å²) in [4.78, 5) is 11.6. The maximum absolute atomic E-state index is 11.6. The van der Waals surface area contributed by atoms with Crippen molar-refractivity contribution in [1.29, 1.82) is 0 Å². The Kier molecular flexibility index (Phi) is 3.12. The van der Waals surface area contributed by atoms with Crippen molar-refractivity contribution in [3.8, 4) is 0 Å². The van der Waals surface area contributed by atoms with E-state index >= 15 is 0 Å². The average molecular weight is 248 g/mol. The summed E-state index contributed by atoms with van der Waals surface area (Å²) in [5.41, 5.74) is 2.27. The summed E-state index contributed by atoms with van der Waals surface area (Å²) in [6.07, 6.45) is 7.41. The molecule has 4 heteroatoms. The molecular weight excluding hydrogens is 228 g/mol. The van der Waals surface area contributed by atoms with E-state index in [2.05, 4.69) is 9.88 Å². The van der Waals surface area contributed by atoms with Crippen LogP contribution < -0.4 is 5.32 Å². The van der Waals surface area contributed by atoms with Crippen molar-refractivity contribution in [1.82, 2.24) is 9.88 Å². The lowest BCUT2D eigenvalue weighted by molar-refractivity contribution is -0.121. The van der Waals surface area contributed by atoms with Gasteiger partial charge in [0, 0.05) is 36.5 Å². The van der Waals surface area contributed by atoms with Crippen LogP contribution in [0.15, 0.2) is 12.3 Å². The number of aryl methyl sites for hydroxylation is 1. The Bertz CT molecular complexity index is 449. The fraction of sp³-hybridized carbons (Fsp3) is 0.643. The van der Waals surface area contributed by atoms with E-state index in [4.69, 9.17) is 0 Å². The predicted octanol–water partition coefficient (Wildman–Crippen LogP) is 1.53. The van der Waals surface area contributed by atoms with E-state index in [0.717, 1.165) is 44.2 Å². The van der Waals surface area contributed by atoms with Crippen LogP contribution in [0, 0.1) is 0 Å². The predicted molar refractivity (Wildman–Crippen MR) is 68.1 cm³/mol. The lowest BCUT2D eigenvalue weighted by atomic mass is 9.95. The summed E-state index contributed by atoms with van der Waals surface area (Å²) < 4.78 is 2.13. The number of amides is 1. The first-order valence-corrected chi connectivity index (χ1v) is 6.89. The molecule has 0 spiro atoms. The van der Waals surface area contributed by atoms with E-state index in [-0.39, 0.29) is 12.0 Å². The van der Waals surface area contributed by atoms with Gasteiger partial charge in [-0.05, 0) is 38.2 Å². The Morgan fingerprint density at radius 1 is 1.44 bits per heavy atom. The molecule has 1 aromatic rings. The zero-order valence-corrected chi connectivity index (χ0v) is 10.6. The molecule has 0 aromatic carbocycles. The van der Waals surface area contributed by atoms with Crippen LogP contribution in [0.4, 0.5) is 0 Å². The lowest BCUT2D eigenvalue weighted by Gasteiger charge is -2.20. The van der Waals surface area contributed by atoms with Gasteiger partial charge in [0.2, 0.25) is 5.91 Å². The smallest absolute Gasteiger partial charge is 0.222 e. The van der Waals surface area contributed by atoms with Crippen molar-refractivity contribution in [2.24, 2.45) is 0 Å². The number of aromatic nitrogens is 1. The molecule has 2 aliphatic rings. The highest BCUT2D eigenvalue weighted by molar-refractivity contribution is 5.76. The normalized spacial score (nSPS) is 22.6. The SMILES string of the molecule is O=C(CCn1ccc2c1CCCC2O)NC1CC1. The molecule has 0 saturated heterocycles. The number of aliphatic hydroxyl groups is 1. The lowest BCUT2D eigenvalue weighted by Crippen LogP contribution is -2.26. The Hall–Kier alpha value is -1.29. The highest BCUT2D eigenvalue weighted by atomic mass is 16.3. The third-order valence-corrected chi connectivity index (χ3v) is 3.89. The molecule has 0 bridgehead atoms. The second-order valence-electron chi connectivity index (χ2n) is 5.41. The van der Waals surface area contributed by atoms with Gasteiger partial charge >= 0.3 is 0 Å². The molecule has 1 atom stereocenters. The highest BCUT2D eigenvalue weighted by Gasteiger charge is 2.24. The van der Waals surface area contributed by atoms with Gasteiger partial charge in [-0.25, -0.2) is 0 Å². The topological polar surface area (TPSA) is 54.3 Å². The van der Waals surface area contributed by atoms with Crippen LogP contribution >= 0.6 is 0 Å². The average Bonchev–Trinajstić information content (AvgIpc) is 3.06. The highest BCUT2D eigenvalue weighted by Crippen LogP contribution is 2.30. The molecule has 0 radical (unpaired) electrons. The van der Waals surface area contributed by atoms with Crippen molar-refractivity contribution in [3.05, 3.63) is 23.5 Å². The number of nitrogens with zero attached hydrogens (tertiary/aromatic N) is 1. The molecule has 1 unspecified atom stereocenters. The Balaban J connectivity index is 1.60. The van der Waals surface area contributed by atoms with Crippen LogP contribution in [0.3, 0.4) is 0 Å². The monoisotopic (exact) mass is 248 g/mol. The summed E-state index contributed by atoms with van der Waals surface area (Å²) >= 11 is 0. The second-order valence-corrected chi connectivity index (χ2v) is 5.41. The van der Waals surface area contributed by atoms with Crippen molar-refractivity contribution < 1.29 is 9.90 Å². The maximum Gasteiger partial charge on any atom is 0.222 e. The number of aliphatic hydroxyl groups excluding tert-OH is 1. The zero-order chi connectivity index (χ0) is 12.5. The Morgan fingerprint density at radius 3 is 3.06 bits per heavy atom. The summed E-state index contributed by atoms with van der Waals surface area (Å²) in [5, 5.41) is 12.9. The number of hydrogen-bond donors (Lipinski definition) is 2. The van der Waals surface area contributed by atoms with Crippen LogP contribution in [0.5, 0.6) is 0 Å². The van der Waals surface area contributed by atoms with Crippen LogP contribution in [-0.4, -0.2) is 21.6 Å². The first-order chi connectivity index (χ1) is 8.74. The fourth-order valence-corrected chi connectivity index (χ4v) is 2.69. The molecule has 4 nitrogen and oxygen atoms in total. The van der Waals surface area contributed by atoms with E-state index in [1.54, 1.807) is 0 Å². The summed E-state index contributed by atoms with van der Waals surface area (Å²) in [5.74, 6) is 0.149. The van der Waals surface area contributed by atoms with Gasteiger partial charge in [0.1, 0.15) is 0 Å². The van der Waals surface area contributed by atoms with Gasteiger partial charge in [-0.1, -0.05) is 0 Å². The minimum absolute atomic E-state index is 0.149. The molecule has 1 saturated carbocycles. The summed E-state index contributed by atoms with van der Waals surface area (Å²) in [7, 11) is 0. The quantitative estimate of drug-likeness (QED) is 0.849. The molecule has 1 fully saturated rings. The second kappa shape index (κ2) is 4.76. The minimum Gasteiger partial charge on any atom is -0.388 e. The Morgan fingerprint density at radius 2 is 2.28 bits per heavy atom. The van der Waals surface area contributed by atoms with Gasteiger partial charge < -0.3 is 15.0 Å². The molecule has 98 valence electrons. The largest absolute Gasteiger partial charge is 0.388 e. The van der Waals surface area contributed by atoms with Crippen molar-refractivity contribution in [3.63, 3.8) is 0 Å². The van der Waals surface area contributed by atoms with E-state index in [1.165, 1.54) is 5.69 Å². The molecular formula is C14H20N2O2. The van der Waals surface area contributed by atoms with E-state index in [0.29, 0.717) is 12.5 Å². The maximum atomic E-state index is 11.6. The van der Waals surface area contributed by atoms with Crippen molar-refractivity contribution in [2.75, 3.05) is 0 Å². The van der Waals surface area contributed by atoms with Gasteiger partial charge in [-0.15, -0.1) is 0 Å². The minimum atomic E-state index is -0.310. The first kappa shape index (κ1) is 11.8. The number of carbonyl (C=O) groups excluding carboxylic acids is 1. The van der Waals surface area contributed by atoms with Crippen LogP contribution in [0.25, 0.3) is 0 Å². The number of rotatable bonds is 4. The van der Waals surface area contributed by atoms with Crippen LogP contribution in [0.2, 0.25) is 0 Å². The third-order valence-electron chi connectivity index (χ3n) is 3.89. The number of hydrogen-bond acceptors (Lipinski definition) is 2. The number of carbonyl (C=O) groups is 1. The first-order valence-electron chi connectivity index (χ1n) is 6.89. The molecule has 2 aliphatic carbocycles. The molecule has 2 N–H and O–H groups in total. The molecule has 1 amide bonds. The van der Waals surface area contributed by atoms with E-state index < -0.39 is 0 Å². The number of nitrogens with one attached hydrogen (secondary N) is 1. The summed E-state index contributed by atoms with van der Waals surface area (Å²) in [6, 6.07) is 2.44. The van der Waals surface area contributed by atoms with E-state index in [9.17, 15) is 9.90 Å². The van der Waals surface area contributed by atoms with Gasteiger partial charge in [0.25, 0.3) is 0 Å². The van der Waals surface area contributed by atoms with Gasteiger partial charge in [-0.2, -0.15) is 0 Å². The van der Waals surface area contributed by atoms with Gasteiger partial charge in [0.05, 0.1) is 6.10 Å². The van der Waals surface area contributed by atoms with Gasteiger partial charge in [-0.3, -0.25) is 4.79 Å². The molecule has 1 aromatic heterocycles. The van der Waals surface area contributed by atoms with Gasteiger partial charge in [0.15, 0.2) is 0 Å². The summed E-state index contributed by atoms with van der Waals surface area (Å²) in [6.45, 7) is 0.723. The Labute approximate surface area is 107 Å². The fourth-order valence-electron chi connectivity index (χ4n) is 2.69. The molecule has 0 aliphatic heterocycles. The van der Waals surface area contributed by atoms with Crippen LogP contribution in [0.1, 0.15) is 49.5 Å². The molecule has 3 rings (SSSR count). The van der Waals surface area contributed by atoms with Crippen molar-refractivity contribution >= 4 is 5.91 Å². The number of fused-ring (bicyclic) bond motifs is 1. The standard InChI is InChI=1S/C14H20N2O2/c17-13-3-1-2-12-11(13)6-8-16(12)9-7-14(18)15-10-4-5-10/h6,8,10,13,17H,1-5,7,9H2,(H,15,18).